The first kappa shape index (κ1) is 14.4. The maximum Gasteiger partial charge on any atom is 0.162 e. The lowest BCUT2D eigenvalue weighted by atomic mass is 9.55. The van der Waals surface area contributed by atoms with E-state index >= 15 is 0 Å². The monoisotopic (exact) mass is 266 g/mol. The quantitative estimate of drug-likeness (QED) is 0.614. The molecule has 3 N–H and O–H groups in total. The van der Waals surface area contributed by atoms with Crippen LogP contribution >= 0.6 is 0 Å². The van der Waals surface area contributed by atoms with Gasteiger partial charge in [-0.15, -0.1) is 0 Å². The Morgan fingerprint density at radius 3 is 2.47 bits per heavy atom. The van der Waals surface area contributed by atoms with Gasteiger partial charge in [-0.25, -0.2) is 0 Å². The van der Waals surface area contributed by atoms with E-state index in [1.54, 1.807) is 0 Å². The first-order valence-electron chi connectivity index (χ1n) is 6.65. The fraction of sp³-hybridized carbons (Fsp3) is 0.667. The van der Waals surface area contributed by atoms with Crippen LogP contribution in [-0.4, -0.2) is 39.4 Å². The molecule has 0 heterocycles. The van der Waals surface area contributed by atoms with Gasteiger partial charge in [0, 0.05) is 5.92 Å². The Morgan fingerprint density at radius 2 is 1.95 bits per heavy atom. The Balaban J connectivity index is 2.50. The zero-order valence-corrected chi connectivity index (χ0v) is 11.6. The van der Waals surface area contributed by atoms with Crippen LogP contribution in [0.25, 0.3) is 0 Å². The lowest BCUT2D eigenvalue weighted by Crippen LogP contribution is -2.57. The standard InChI is InChI=1S/C15H22O4/c1-7(2)9-6-15(4)8(3)12(17)14(19)13(18)10(15)5-11(9)16/h5,8-9,12-14,17-19H,1,6H2,2-4H3/t8-,9-,12-,13-,14-,15+/m0/s1. The topological polar surface area (TPSA) is 77.8 Å². The summed E-state index contributed by atoms with van der Waals surface area (Å²) in [6.07, 6.45) is -1.43. The number of hydrogen-bond acceptors (Lipinski definition) is 4. The predicted octanol–water partition coefficient (Wildman–Crippen LogP) is 0.817. The molecule has 0 bridgehead atoms. The molecular formula is C15H22O4. The number of rotatable bonds is 1. The normalized spacial score (nSPS) is 46.5. The van der Waals surface area contributed by atoms with E-state index in [1.807, 2.05) is 20.8 Å². The maximum absolute atomic E-state index is 12.1. The SMILES string of the molecule is C=C(C)[C@@H]1C[C@@]2(C)C(=CC1=O)[C@H](O)[C@@H](O)[C@@H](O)[C@@H]2C. The first-order chi connectivity index (χ1) is 8.70. The van der Waals surface area contributed by atoms with Crippen molar-refractivity contribution in [3.05, 3.63) is 23.8 Å². The number of fused-ring (bicyclic) bond motifs is 1. The third-order valence-corrected chi connectivity index (χ3v) is 5.03. The van der Waals surface area contributed by atoms with Crippen LogP contribution in [-0.2, 0) is 4.79 Å². The molecule has 0 radical (unpaired) electrons. The van der Waals surface area contributed by atoms with Gasteiger partial charge in [0.1, 0.15) is 12.2 Å². The smallest absolute Gasteiger partial charge is 0.162 e. The lowest BCUT2D eigenvalue weighted by molar-refractivity contribution is -0.134. The van der Waals surface area contributed by atoms with Crippen molar-refractivity contribution in [3.8, 4) is 0 Å². The highest BCUT2D eigenvalue weighted by Crippen LogP contribution is 2.52. The molecule has 1 fully saturated rings. The van der Waals surface area contributed by atoms with E-state index in [9.17, 15) is 20.1 Å². The van der Waals surface area contributed by atoms with Crippen LogP contribution in [0.3, 0.4) is 0 Å². The van der Waals surface area contributed by atoms with Crippen LogP contribution in [0.4, 0.5) is 0 Å². The van der Waals surface area contributed by atoms with Gasteiger partial charge < -0.3 is 15.3 Å². The minimum atomic E-state index is -1.23. The minimum Gasteiger partial charge on any atom is -0.390 e. The molecule has 19 heavy (non-hydrogen) atoms. The Morgan fingerprint density at radius 1 is 1.37 bits per heavy atom. The number of carbonyl (C=O) groups excluding carboxylic acids is 1. The highest BCUT2D eigenvalue weighted by atomic mass is 16.4. The van der Waals surface area contributed by atoms with Gasteiger partial charge in [-0.3, -0.25) is 4.79 Å². The molecule has 4 nitrogen and oxygen atoms in total. The van der Waals surface area contributed by atoms with E-state index in [0.717, 1.165) is 5.57 Å². The summed E-state index contributed by atoms with van der Waals surface area (Å²) >= 11 is 0. The predicted molar refractivity (Wildman–Crippen MR) is 71.3 cm³/mol. The average molecular weight is 266 g/mol. The highest BCUT2D eigenvalue weighted by molar-refractivity contribution is 5.95. The zero-order chi connectivity index (χ0) is 14.5. The second-order valence-electron chi connectivity index (χ2n) is 6.24. The van der Waals surface area contributed by atoms with Crippen molar-refractivity contribution in [2.24, 2.45) is 17.3 Å². The molecule has 6 atom stereocenters. The molecule has 2 aliphatic rings. The molecule has 0 spiro atoms. The van der Waals surface area contributed by atoms with E-state index in [-0.39, 0.29) is 17.6 Å². The second kappa shape index (κ2) is 4.54. The van der Waals surface area contributed by atoms with Crippen LogP contribution in [0.2, 0.25) is 0 Å². The van der Waals surface area contributed by atoms with Crippen LogP contribution in [0, 0.1) is 17.3 Å². The van der Waals surface area contributed by atoms with Crippen LogP contribution in [0.1, 0.15) is 27.2 Å². The van der Waals surface area contributed by atoms with E-state index in [2.05, 4.69) is 6.58 Å². The van der Waals surface area contributed by atoms with Gasteiger partial charge >= 0.3 is 0 Å². The van der Waals surface area contributed by atoms with E-state index in [1.165, 1.54) is 6.08 Å². The summed E-state index contributed by atoms with van der Waals surface area (Å²) in [5.41, 5.74) is 0.847. The summed E-state index contributed by atoms with van der Waals surface area (Å²) < 4.78 is 0. The zero-order valence-electron chi connectivity index (χ0n) is 11.6. The molecule has 0 saturated heterocycles. The fourth-order valence-corrected chi connectivity index (χ4v) is 3.39. The number of aliphatic hydroxyl groups is 3. The van der Waals surface area contributed by atoms with E-state index in [0.29, 0.717) is 12.0 Å². The van der Waals surface area contributed by atoms with Gasteiger partial charge in [0.2, 0.25) is 0 Å². The summed E-state index contributed by atoms with van der Waals surface area (Å²) in [5, 5.41) is 30.0. The minimum absolute atomic E-state index is 0.0742. The van der Waals surface area contributed by atoms with Crippen molar-refractivity contribution in [3.63, 3.8) is 0 Å². The molecule has 106 valence electrons. The number of aliphatic hydroxyl groups excluding tert-OH is 3. The first-order valence-corrected chi connectivity index (χ1v) is 6.65. The van der Waals surface area contributed by atoms with Crippen LogP contribution < -0.4 is 0 Å². The molecule has 2 aliphatic carbocycles. The molecule has 4 heteroatoms. The fourth-order valence-electron chi connectivity index (χ4n) is 3.39. The van der Waals surface area contributed by atoms with Crippen molar-refractivity contribution in [1.29, 1.82) is 0 Å². The van der Waals surface area contributed by atoms with Crippen LogP contribution in [0.5, 0.6) is 0 Å². The molecule has 1 saturated carbocycles. The summed E-state index contributed by atoms with van der Waals surface area (Å²) in [7, 11) is 0. The van der Waals surface area contributed by atoms with Crippen molar-refractivity contribution in [2.45, 2.75) is 45.5 Å². The summed E-state index contributed by atoms with van der Waals surface area (Å²) in [4.78, 5) is 12.1. The van der Waals surface area contributed by atoms with Crippen LogP contribution in [0.15, 0.2) is 23.8 Å². The van der Waals surface area contributed by atoms with Crippen molar-refractivity contribution < 1.29 is 20.1 Å². The molecule has 0 amide bonds. The second-order valence-corrected chi connectivity index (χ2v) is 6.24. The molecule has 0 aromatic heterocycles. The third kappa shape index (κ3) is 1.98. The average Bonchev–Trinajstić information content (AvgIpc) is 2.35. The van der Waals surface area contributed by atoms with Gasteiger partial charge in [0.25, 0.3) is 0 Å². The van der Waals surface area contributed by atoms with E-state index < -0.39 is 23.7 Å². The molecule has 0 aromatic carbocycles. The molecule has 0 unspecified atom stereocenters. The molecule has 2 rings (SSSR count). The number of ketones is 1. The number of hydrogen-bond donors (Lipinski definition) is 3. The largest absolute Gasteiger partial charge is 0.390 e. The Hall–Kier alpha value is -0.970. The lowest BCUT2D eigenvalue weighted by Gasteiger charge is -2.52. The van der Waals surface area contributed by atoms with Gasteiger partial charge in [0.05, 0.1) is 6.10 Å². The maximum atomic E-state index is 12.1. The summed E-state index contributed by atoms with van der Waals surface area (Å²) in [6.45, 7) is 9.45. The molecule has 0 aromatic rings. The Labute approximate surface area is 113 Å². The highest BCUT2D eigenvalue weighted by Gasteiger charge is 2.54. The van der Waals surface area contributed by atoms with Crippen molar-refractivity contribution in [2.75, 3.05) is 0 Å². The number of carbonyl (C=O) groups is 1. The van der Waals surface area contributed by atoms with Gasteiger partial charge in [-0.2, -0.15) is 0 Å². The Kier molecular flexibility index (Phi) is 3.45. The van der Waals surface area contributed by atoms with Crippen molar-refractivity contribution in [1.82, 2.24) is 0 Å². The van der Waals surface area contributed by atoms with Gasteiger partial charge in [-0.1, -0.05) is 26.0 Å². The van der Waals surface area contributed by atoms with Gasteiger partial charge in [-0.05, 0) is 36.3 Å². The van der Waals surface area contributed by atoms with Gasteiger partial charge in [0.15, 0.2) is 5.78 Å². The Bertz CT molecular complexity index is 453. The third-order valence-electron chi connectivity index (χ3n) is 5.03. The summed E-state index contributed by atoms with van der Waals surface area (Å²) in [6, 6.07) is 0. The summed E-state index contributed by atoms with van der Waals surface area (Å²) in [5.74, 6) is -0.576. The molecular weight excluding hydrogens is 244 g/mol. The van der Waals surface area contributed by atoms with E-state index in [4.69, 9.17) is 0 Å². The van der Waals surface area contributed by atoms with Crippen molar-refractivity contribution >= 4 is 5.78 Å². The number of allylic oxidation sites excluding steroid dienone is 2. The molecule has 0 aliphatic heterocycles.